The number of benzene rings is 1. The van der Waals surface area contributed by atoms with Crippen LogP contribution in [0.1, 0.15) is 25.0 Å². The molecule has 3 heterocycles. The number of para-hydroxylation sites is 1. The number of carbonyl (C=O) groups is 1. The van der Waals surface area contributed by atoms with Crippen molar-refractivity contribution < 1.29 is 9.21 Å². The van der Waals surface area contributed by atoms with E-state index in [4.69, 9.17) is 4.42 Å². The Morgan fingerprint density at radius 2 is 2.00 bits per heavy atom. The number of carbonyl (C=O) groups excluding carboxylic acids is 1. The molecule has 136 valence electrons. The number of amides is 1. The molecule has 0 saturated carbocycles. The summed E-state index contributed by atoms with van der Waals surface area (Å²) in [6, 6.07) is 10.4. The second-order valence-corrected chi connectivity index (χ2v) is 6.92. The van der Waals surface area contributed by atoms with Crippen molar-refractivity contribution in [2.45, 2.75) is 25.3 Å². The third-order valence-electron chi connectivity index (χ3n) is 5.38. The van der Waals surface area contributed by atoms with Crippen molar-refractivity contribution in [1.29, 1.82) is 0 Å². The second-order valence-electron chi connectivity index (χ2n) is 6.92. The zero-order valence-corrected chi connectivity index (χ0v) is 15.4. The highest BCUT2D eigenvalue weighted by Gasteiger charge is 2.33. The van der Waals surface area contributed by atoms with Gasteiger partial charge in [0.2, 0.25) is 5.91 Å². The molecule has 2 aromatic rings. The van der Waals surface area contributed by atoms with E-state index in [1.165, 1.54) is 0 Å². The van der Waals surface area contributed by atoms with E-state index in [-0.39, 0.29) is 24.2 Å². The normalized spacial score (nSPS) is 22.8. The lowest BCUT2D eigenvalue weighted by Gasteiger charge is -2.32. The second kappa shape index (κ2) is 7.77. The number of fused-ring (bicyclic) bond motifs is 1. The number of nitrogens with zero attached hydrogens (tertiary/aromatic N) is 2. The van der Waals surface area contributed by atoms with Gasteiger partial charge in [-0.25, -0.2) is 0 Å². The molecule has 1 aromatic heterocycles. The van der Waals surface area contributed by atoms with E-state index in [0.717, 1.165) is 62.4 Å². The van der Waals surface area contributed by atoms with E-state index in [1.807, 2.05) is 42.2 Å². The molecule has 0 radical (unpaired) electrons. The van der Waals surface area contributed by atoms with Crippen molar-refractivity contribution in [2.75, 3.05) is 39.3 Å². The lowest BCUT2D eigenvalue weighted by atomic mass is 10.1. The smallest absolute Gasteiger partial charge is 0.233 e. The van der Waals surface area contributed by atoms with E-state index >= 15 is 0 Å². The number of hydrogen-bond donors (Lipinski definition) is 1. The van der Waals surface area contributed by atoms with Crippen LogP contribution in [0.3, 0.4) is 0 Å². The number of likely N-dealkylation sites (tertiary alicyclic amines) is 1. The number of furan rings is 1. The van der Waals surface area contributed by atoms with Crippen LogP contribution >= 0.6 is 12.4 Å². The minimum absolute atomic E-state index is 0. The summed E-state index contributed by atoms with van der Waals surface area (Å²) in [7, 11) is 0. The number of rotatable bonds is 3. The van der Waals surface area contributed by atoms with Crippen LogP contribution in [-0.2, 0) is 4.79 Å². The number of nitrogens with one attached hydrogen (secondary N) is 1. The van der Waals surface area contributed by atoms with E-state index in [9.17, 15) is 4.79 Å². The van der Waals surface area contributed by atoms with E-state index in [0.29, 0.717) is 6.04 Å². The molecule has 1 amide bonds. The first-order valence-corrected chi connectivity index (χ1v) is 8.94. The molecular formula is C19H26ClN3O2. The highest BCUT2D eigenvalue weighted by Crippen LogP contribution is 2.28. The van der Waals surface area contributed by atoms with Crippen LogP contribution in [0, 0.1) is 0 Å². The van der Waals surface area contributed by atoms with Crippen LogP contribution in [0.25, 0.3) is 11.0 Å². The topological polar surface area (TPSA) is 48.7 Å². The van der Waals surface area contributed by atoms with Gasteiger partial charge in [-0.2, -0.15) is 0 Å². The summed E-state index contributed by atoms with van der Waals surface area (Å²) < 4.78 is 5.89. The van der Waals surface area contributed by atoms with Crippen molar-refractivity contribution in [3.8, 4) is 0 Å². The molecule has 1 aromatic carbocycles. The Morgan fingerprint density at radius 1 is 1.24 bits per heavy atom. The SMILES string of the molecule is CC(C(=O)N1CCC(N2CCNCC2)C1)c1cc2ccccc2o1.Cl. The summed E-state index contributed by atoms with van der Waals surface area (Å²) >= 11 is 0. The Morgan fingerprint density at radius 3 is 2.76 bits per heavy atom. The number of piperazine rings is 1. The molecule has 0 aliphatic carbocycles. The summed E-state index contributed by atoms with van der Waals surface area (Å²) in [5, 5.41) is 4.45. The van der Waals surface area contributed by atoms with Gasteiger partial charge in [-0.1, -0.05) is 18.2 Å². The van der Waals surface area contributed by atoms with Gasteiger partial charge in [-0.05, 0) is 25.5 Å². The molecular weight excluding hydrogens is 338 g/mol. The molecule has 2 unspecified atom stereocenters. The van der Waals surface area contributed by atoms with Crippen molar-refractivity contribution in [1.82, 2.24) is 15.1 Å². The molecule has 25 heavy (non-hydrogen) atoms. The lowest BCUT2D eigenvalue weighted by molar-refractivity contribution is -0.131. The monoisotopic (exact) mass is 363 g/mol. The fourth-order valence-electron chi connectivity index (χ4n) is 3.90. The van der Waals surface area contributed by atoms with Gasteiger partial charge in [0.05, 0.1) is 5.92 Å². The summed E-state index contributed by atoms with van der Waals surface area (Å²) in [4.78, 5) is 17.4. The van der Waals surface area contributed by atoms with Gasteiger partial charge in [-0.15, -0.1) is 12.4 Å². The Hall–Kier alpha value is -1.56. The Bertz CT molecular complexity index is 693. The fraction of sp³-hybridized carbons (Fsp3) is 0.526. The van der Waals surface area contributed by atoms with Crippen LogP contribution in [0.15, 0.2) is 34.7 Å². The van der Waals surface area contributed by atoms with Gasteiger partial charge >= 0.3 is 0 Å². The van der Waals surface area contributed by atoms with Crippen LogP contribution in [0.2, 0.25) is 0 Å². The molecule has 2 atom stereocenters. The lowest BCUT2D eigenvalue weighted by Crippen LogP contribution is -2.49. The summed E-state index contributed by atoms with van der Waals surface area (Å²) in [5.74, 6) is 0.734. The maximum absolute atomic E-state index is 12.9. The van der Waals surface area contributed by atoms with Gasteiger partial charge in [0.1, 0.15) is 11.3 Å². The highest BCUT2D eigenvalue weighted by molar-refractivity contribution is 5.86. The van der Waals surface area contributed by atoms with Crippen molar-refractivity contribution in [3.05, 3.63) is 36.1 Å². The summed E-state index contributed by atoms with van der Waals surface area (Å²) in [5.41, 5.74) is 0.854. The van der Waals surface area contributed by atoms with Crippen LogP contribution in [0.4, 0.5) is 0 Å². The maximum atomic E-state index is 12.9. The molecule has 0 spiro atoms. The first kappa shape index (κ1) is 18.2. The van der Waals surface area contributed by atoms with E-state index in [1.54, 1.807) is 0 Å². The van der Waals surface area contributed by atoms with Crippen molar-refractivity contribution in [2.24, 2.45) is 0 Å². The average Bonchev–Trinajstić information content (AvgIpc) is 3.28. The van der Waals surface area contributed by atoms with Crippen molar-refractivity contribution in [3.63, 3.8) is 0 Å². The first-order valence-electron chi connectivity index (χ1n) is 8.94. The third-order valence-corrected chi connectivity index (χ3v) is 5.38. The largest absolute Gasteiger partial charge is 0.460 e. The molecule has 4 rings (SSSR count). The van der Waals surface area contributed by atoms with Crippen molar-refractivity contribution >= 4 is 29.3 Å². The predicted octanol–water partition coefficient (Wildman–Crippen LogP) is 2.46. The number of halogens is 1. The third kappa shape index (κ3) is 3.68. The molecule has 1 N–H and O–H groups in total. The van der Waals surface area contributed by atoms with E-state index in [2.05, 4.69) is 10.2 Å². The zero-order valence-electron chi connectivity index (χ0n) is 14.6. The minimum atomic E-state index is -0.223. The summed E-state index contributed by atoms with van der Waals surface area (Å²) in [6.07, 6.45) is 1.08. The first-order chi connectivity index (χ1) is 11.7. The Balaban J connectivity index is 0.00000182. The van der Waals surface area contributed by atoms with E-state index < -0.39 is 0 Å². The Labute approximate surface area is 154 Å². The summed E-state index contributed by atoms with van der Waals surface area (Å²) in [6.45, 7) is 7.96. The fourth-order valence-corrected chi connectivity index (χ4v) is 3.90. The van der Waals surface area contributed by atoms with Crippen LogP contribution in [0.5, 0.6) is 0 Å². The minimum Gasteiger partial charge on any atom is -0.460 e. The molecule has 0 bridgehead atoms. The van der Waals surface area contributed by atoms with Gasteiger partial charge < -0.3 is 14.6 Å². The quantitative estimate of drug-likeness (QED) is 0.910. The highest BCUT2D eigenvalue weighted by atomic mass is 35.5. The zero-order chi connectivity index (χ0) is 16.5. The Kier molecular flexibility index (Phi) is 5.67. The van der Waals surface area contributed by atoms with Crippen LogP contribution in [-0.4, -0.2) is 61.0 Å². The van der Waals surface area contributed by atoms with Gasteiger partial charge in [-0.3, -0.25) is 9.69 Å². The maximum Gasteiger partial charge on any atom is 0.233 e. The standard InChI is InChI=1S/C19H25N3O2.ClH/c1-14(18-12-15-4-2-3-5-17(15)24-18)19(23)22-9-6-16(13-22)21-10-7-20-8-11-21;/h2-5,12,14,16,20H,6-11,13H2,1H3;1H. The molecule has 2 aliphatic rings. The molecule has 2 aliphatic heterocycles. The van der Waals surface area contributed by atoms with Gasteiger partial charge in [0.15, 0.2) is 0 Å². The van der Waals surface area contributed by atoms with Gasteiger partial charge in [0.25, 0.3) is 0 Å². The molecule has 5 nitrogen and oxygen atoms in total. The molecule has 6 heteroatoms. The number of hydrogen-bond acceptors (Lipinski definition) is 4. The molecule has 2 fully saturated rings. The van der Waals surface area contributed by atoms with Gasteiger partial charge in [0, 0.05) is 50.7 Å². The predicted molar refractivity (Wildman–Crippen MR) is 101 cm³/mol. The molecule has 2 saturated heterocycles. The van der Waals surface area contributed by atoms with Crippen LogP contribution < -0.4 is 5.32 Å². The average molecular weight is 364 g/mol.